The number of nitrogens with one attached hydrogen (secondary N) is 1. The fourth-order valence-corrected chi connectivity index (χ4v) is 5.77. The molecule has 0 radical (unpaired) electrons. The third-order valence-corrected chi connectivity index (χ3v) is 7.37. The molecule has 0 saturated carbocycles. The van der Waals surface area contributed by atoms with Gasteiger partial charge >= 0.3 is 11.9 Å². The van der Waals surface area contributed by atoms with Crippen LogP contribution in [0.25, 0.3) is 0 Å². The van der Waals surface area contributed by atoms with Crippen LogP contribution in [-0.2, 0) is 30.3 Å². The maximum Gasteiger partial charge on any atom is 0.355 e. The minimum atomic E-state index is -1.42. The zero-order chi connectivity index (χ0) is 27.7. The van der Waals surface area contributed by atoms with Gasteiger partial charge in [0.2, 0.25) is 5.54 Å². The average molecular weight is 532 g/mol. The van der Waals surface area contributed by atoms with E-state index in [1.807, 2.05) is 121 Å². The largest absolute Gasteiger partial charge is 0.466 e. The van der Waals surface area contributed by atoms with Crippen LogP contribution in [0, 0.1) is 0 Å². The first kappa shape index (κ1) is 25.1. The Morgan fingerprint density at radius 3 is 1.75 bits per heavy atom. The number of benzene rings is 4. The second kappa shape index (κ2) is 9.81. The molecule has 0 saturated heterocycles. The van der Waals surface area contributed by atoms with E-state index in [1.165, 1.54) is 14.2 Å². The molecule has 2 atom stereocenters. The number of para-hydroxylation sites is 2. The Labute approximate surface area is 231 Å². The van der Waals surface area contributed by atoms with Gasteiger partial charge in [-0.05, 0) is 17.7 Å². The summed E-state index contributed by atoms with van der Waals surface area (Å²) in [5.41, 5.74) is 3.72. The van der Waals surface area contributed by atoms with Gasteiger partial charge in [0.25, 0.3) is 11.4 Å². The van der Waals surface area contributed by atoms with Gasteiger partial charge < -0.3 is 9.47 Å². The number of anilines is 1. The molecule has 8 nitrogen and oxygen atoms in total. The normalized spacial score (nSPS) is 21.4. The highest BCUT2D eigenvalue weighted by atomic mass is 16.5. The van der Waals surface area contributed by atoms with Gasteiger partial charge in [-0.3, -0.25) is 4.90 Å². The Hall–Kier alpha value is -5.24. The fraction of sp³-hybridized carbons (Fsp3) is 0.125. The van der Waals surface area contributed by atoms with E-state index in [1.54, 1.807) is 9.71 Å². The summed E-state index contributed by atoms with van der Waals surface area (Å²) >= 11 is 0. The van der Waals surface area contributed by atoms with Gasteiger partial charge in [-0.25, -0.2) is 9.59 Å². The molecular formula is C32H27N4O4+. The smallest absolute Gasteiger partial charge is 0.355 e. The van der Waals surface area contributed by atoms with Crippen LogP contribution < -0.4 is 10.3 Å². The summed E-state index contributed by atoms with van der Waals surface area (Å²) in [5, 5.41) is 5.35. The lowest BCUT2D eigenvalue weighted by Gasteiger charge is -2.40. The number of hydrazine groups is 1. The van der Waals surface area contributed by atoms with Crippen LogP contribution in [0.2, 0.25) is 0 Å². The van der Waals surface area contributed by atoms with E-state index < -0.39 is 23.1 Å². The van der Waals surface area contributed by atoms with E-state index in [0.29, 0.717) is 11.3 Å². The lowest BCUT2D eigenvalue weighted by atomic mass is 9.72. The van der Waals surface area contributed by atoms with E-state index in [2.05, 4.69) is 5.43 Å². The molecule has 4 aromatic rings. The van der Waals surface area contributed by atoms with Crippen molar-refractivity contribution in [3.63, 3.8) is 0 Å². The molecule has 198 valence electrons. The number of hydrogen-bond donors (Lipinski definition) is 1. The van der Waals surface area contributed by atoms with Crippen LogP contribution in [-0.4, -0.2) is 31.0 Å². The number of rotatable bonds is 6. The van der Waals surface area contributed by atoms with Crippen LogP contribution in [0.1, 0.15) is 11.1 Å². The van der Waals surface area contributed by atoms with E-state index in [0.717, 1.165) is 11.3 Å². The van der Waals surface area contributed by atoms with Crippen molar-refractivity contribution in [3.8, 4) is 0 Å². The Morgan fingerprint density at radius 2 is 1.20 bits per heavy atom. The van der Waals surface area contributed by atoms with Gasteiger partial charge in [0.05, 0.1) is 14.2 Å². The van der Waals surface area contributed by atoms with Gasteiger partial charge in [0.1, 0.15) is 11.3 Å². The Bertz CT molecular complexity index is 1630. The topological polar surface area (TPSA) is 83.2 Å². The quantitative estimate of drug-likeness (QED) is 0.273. The Balaban J connectivity index is 1.83. The molecule has 2 aliphatic heterocycles. The highest BCUT2D eigenvalue weighted by Crippen LogP contribution is 2.61. The van der Waals surface area contributed by atoms with E-state index in [4.69, 9.17) is 14.6 Å². The molecular weight excluding hydrogens is 504 g/mol. The third kappa shape index (κ3) is 3.46. The van der Waals surface area contributed by atoms with Crippen LogP contribution in [0.3, 0.4) is 0 Å². The van der Waals surface area contributed by atoms with Crippen molar-refractivity contribution in [1.29, 1.82) is 0 Å². The Morgan fingerprint density at radius 1 is 0.700 bits per heavy atom. The number of methoxy groups -OCH3 is 2. The number of hydrogen-bond acceptors (Lipinski definition) is 7. The van der Waals surface area contributed by atoms with Crippen molar-refractivity contribution in [1.82, 2.24) is 5.43 Å². The maximum atomic E-state index is 13.9. The van der Waals surface area contributed by atoms with Crippen LogP contribution >= 0.6 is 0 Å². The van der Waals surface area contributed by atoms with Crippen molar-refractivity contribution < 1.29 is 23.9 Å². The zero-order valence-electron chi connectivity index (χ0n) is 22.0. The molecule has 0 amide bonds. The number of ether oxygens (including phenoxy) is 2. The number of esters is 2. The van der Waals surface area contributed by atoms with Crippen LogP contribution in [0.4, 0.5) is 11.4 Å². The van der Waals surface area contributed by atoms with E-state index in [9.17, 15) is 9.59 Å². The molecule has 2 aliphatic rings. The SMILES string of the molecule is COC(=O)C1=C(C(=O)OC)[C@]2(c3ccccc3)N[N+](c3ccccc3)=N[C@]2(c2ccccc2)N1c1ccccc1. The molecule has 0 aromatic heterocycles. The van der Waals surface area contributed by atoms with Gasteiger partial charge in [0, 0.05) is 33.3 Å². The first-order valence-electron chi connectivity index (χ1n) is 12.8. The molecule has 0 fully saturated rings. The van der Waals surface area contributed by atoms with Crippen LogP contribution in [0.15, 0.2) is 138 Å². The summed E-state index contributed by atoms with van der Waals surface area (Å²) in [5.74, 6) is -1.37. The van der Waals surface area contributed by atoms with Crippen molar-refractivity contribution in [2.45, 2.75) is 11.2 Å². The minimum Gasteiger partial charge on any atom is -0.466 e. The predicted molar refractivity (Wildman–Crippen MR) is 148 cm³/mol. The van der Waals surface area contributed by atoms with Crippen molar-refractivity contribution in [2.24, 2.45) is 5.11 Å². The average Bonchev–Trinajstić information content (AvgIpc) is 3.51. The fourth-order valence-electron chi connectivity index (χ4n) is 5.77. The molecule has 1 N–H and O–H groups in total. The molecule has 4 aromatic carbocycles. The zero-order valence-corrected chi connectivity index (χ0v) is 22.0. The van der Waals surface area contributed by atoms with Crippen molar-refractivity contribution in [3.05, 3.63) is 144 Å². The predicted octanol–water partition coefficient (Wildman–Crippen LogP) is 5.17. The van der Waals surface area contributed by atoms with Crippen molar-refractivity contribution >= 4 is 23.3 Å². The monoisotopic (exact) mass is 531 g/mol. The van der Waals surface area contributed by atoms with Gasteiger partial charge in [-0.15, -0.1) is 5.43 Å². The summed E-state index contributed by atoms with van der Waals surface area (Å²) in [4.78, 5) is 31.2. The number of fused-ring (bicyclic) bond motifs is 1. The molecule has 0 spiro atoms. The highest BCUT2D eigenvalue weighted by molar-refractivity contribution is 6.07. The summed E-state index contributed by atoms with van der Waals surface area (Å²) in [6.07, 6.45) is 0. The summed E-state index contributed by atoms with van der Waals surface area (Å²) in [6, 6.07) is 38.2. The summed E-state index contributed by atoms with van der Waals surface area (Å²) in [6.45, 7) is 0. The number of nitrogens with zero attached hydrogens (tertiary/aromatic N) is 3. The molecule has 6 rings (SSSR count). The van der Waals surface area contributed by atoms with Crippen LogP contribution in [0.5, 0.6) is 0 Å². The number of carbonyl (C=O) groups is 2. The molecule has 0 aliphatic carbocycles. The standard InChI is InChI=1S/C32H27N4O4/c1-39-29(37)27-28(30(38)40-2)35(25-19-11-5-12-20-25)32(24-17-9-4-10-18-24)31(27,23-15-7-3-8-16-23)33-36(34-32)26-21-13-6-14-22-26/h3-22H,1-2H3,(H,33,34)/q+1/t31-,32+/m0/s1. The minimum absolute atomic E-state index is 0.0391. The number of azo groups is 1. The maximum absolute atomic E-state index is 13.9. The number of carbonyl (C=O) groups excluding carboxylic acids is 2. The van der Waals surface area contributed by atoms with Gasteiger partial charge in [0.15, 0.2) is 0 Å². The second-order valence-corrected chi connectivity index (χ2v) is 9.39. The summed E-state index contributed by atoms with van der Waals surface area (Å²) in [7, 11) is 2.60. The molecule has 2 heterocycles. The lowest BCUT2D eigenvalue weighted by Crippen LogP contribution is -2.58. The third-order valence-electron chi connectivity index (χ3n) is 7.37. The van der Waals surface area contributed by atoms with E-state index >= 15 is 0 Å². The lowest BCUT2D eigenvalue weighted by molar-refractivity contribution is -0.567. The first-order valence-corrected chi connectivity index (χ1v) is 12.8. The second-order valence-electron chi connectivity index (χ2n) is 9.39. The Kier molecular flexibility index (Phi) is 6.15. The molecule has 40 heavy (non-hydrogen) atoms. The molecule has 8 heteroatoms. The molecule has 0 unspecified atom stereocenters. The van der Waals surface area contributed by atoms with Gasteiger partial charge in [-0.2, -0.15) is 0 Å². The van der Waals surface area contributed by atoms with Gasteiger partial charge in [-0.1, -0.05) is 97.1 Å². The first-order chi connectivity index (χ1) is 19.6. The highest BCUT2D eigenvalue weighted by Gasteiger charge is 2.77. The van der Waals surface area contributed by atoms with Crippen molar-refractivity contribution in [2.75, 3.05) is 19.1 Å². The summed E-state index contributed by atoms with van der Waals surface area (Å²) < 4.78 is 10.7. The molecule has 0 bridgehead atoms. The van der Waals surface area contributed by atoms with E-state index in [-0.39, 0.29) is 11.3 Å².